The minimum absolute atomic E-state index is 0.0440. The molecule has 1 aromatic rings. The van der Waals surface area contributed by atoms with Gasteiger partial charge in [-0.25, -0.2) is 12.8 Å². The number of benzene rings is 1. The van der Waals surface area contributed by atoms with E-state index >= 15 is 0 Å². The molecule has 0 aliphatic carbocycles. The predicted octanol–water partition coefficient (Wildman–Crippen LogP) is 1.20. The van der Waals surface area contributed by atoms with Crippen molar-refractivity contribution in [3.8, 4) is 0 Å². The van der Waals surface area contributed by atoms with Gasteiger partial charge in [-0.3, -0.25) is 4.79 Å². The quantitative estimate of drug-likeness (QED) is 0.844. The smallest absolute Gasteiger partial charge is 0.224 e. The largest absolute Gasteiger partial charge is 0.337 e. The molecule has 2 rings (SSSR count). The molecular formula is C15H21FN2O3S. The van der Waals surface area contributed by atoms with Gasteiger partial charge in [0.05, 0.1) is 10.1 Å². The number of rotatable bonds is 4. The highest BCUT2D eigenvalue weighted by Crippen LogP contribution is 2.20. The lowest BCUT2D eigenvalue weighted by atomic mass is 10.2. The number of hydrogen-bond acceptors (Lipinski definition) is 4. The lowest BCUT2D eigenvalue weighted by Crippen LogP contribution is -2.52. The zero-order valence-corrected chi connectivity index (χ0v) is 13.6. The summed E-state index contributed by atoms with van der Waals surface area (Å²) >= 11 is 0. The van der Waals surface area contributed by atoms with E-state index in [9.17, 15) is 17.6 Å². The van der Waals surface area contributed by atoms with Gasteiger partial charge in [0, 0.05) is 32.1 Å². The molecule has 0 spiro atoms. The molecule has 5 nitrogen and oxygen atoms in total. The van der Waals surface area contributed by atoms with Crippen LogP contribution >= 0.6 is 0 Å². The molecule has 122 valence electrons. The van der Waals surface area contributed by atoms with Crippen LogP contribution in [0.1, 0.15) is 20.3 Å². The SMILES string of the molecule is CC(CC(=O)N1CCNC[C@@H]1C)S(=O)(=O)c1ccc(F)cc1. The van der Waals surface area contributed by atoms with E-state index in [4.69, 9.17) is 0 Å². The fraction of sp³-hybridized carbons (Fsp3) is 0.533. The summed E-state index contributed by atoms with van der Waals surface area (Å²) in [6, 6.07) is 4.75. The van der Waals surface area contributed by atoms with Gasteiger partial charge in [0.1, 0.15) is 5.82 Å². The van der Waals surface area contributed by atoms with Gasteiger partial charge in [-0.1, -0.05) is 0 Å². The Balaban J connectivity index is 2.08. The van der Waals surface area contributed by atoms with Crippen molar-refractivity contribution in [1.82, 2.24) is 10.2 Å². The molecule has 1 unspecified atom stereocenters. The minimum Gasteiger partial charge on any atom is -0.337 e. The van der Waals surface area contributed by atoms with E-state index in [1.54, 1.807) is 4.90 Å². The Bertz CT molecular complexity index is 631. The van der Waals surface area contributed by atoms with E-state index in [-0.39, 0.29) is 23.3 Å². The van der Waals surface area contributed by atoms with Crippen molar-refractivity contribution in [2.45, 2.75) is 36.5 Å². The van der Waals surface area contributed by atoms with E-state index in [2.05, 4.69) is 5.32 Å². The molecule has 22 heavy (non-hydrogen) atoms. The highest BCUT2D eigenvalue weighted by atomic mass is 32.2. The lowest BCUT2D eigenvalue weighted by molar-refractivity contribution is -0.133. The molecule has 0 bridgehead atoms. The van der Waals surface area contributed by atoms with Crippen molar-refractivity contribution in [3.63, 3.8) is 0 Å². The predicted molar refractivity (Wildman–Crippen MR) is 81.7 cm³/mol. The molecule has 1 saturated heterocycles. The Morgan fingerprint density at radius 3 is 2.64 bits per heavy atom. The average Bonchev–Trinajstić information content (AvgIpc) is 2.48. The van der Waals surface area contributed by atoms with E-state index in [0.29, 0.717) is 13.1 Å². The van der Waals surface area contributed by atoms with Crippen molar-refractivity contribution in [2.24, 2.45) is 0 Å². The average molecular weight is 328 g/mol. The summed E-state index contributed by atoms with van der Waals surface area (Å²) in [5, 5.41) is 2.35. The summed E-state index contributed by atoms with van der Waals surface area (Å²) in [5.41, 5.74) is 0. The molecule has 1 amide bonds. The Kier molecular flexibility index (Phi) is 5.18. The maximum absolute atomic E-state index is 12.9. The fourth-order valence-electron chi connectivity index (χ4n) is 2.54. The standard InChI is InChI=1S/C15H21FN2O3S/c1-11-10-17-7-8-18(11)15(19)9-12(2)22(20,21)14-5-3-13(16)4-6-14/h3-6,11-12,17H,7-10H2,1-2H3/t11-,12?/m0/s1. The van der Waals surface area contributed by atoms with Crippen LogP contribution in [0.3, 0.4) is 0 Å². The molecule has 7 heteroatoms. The minimum atomic E-state index is -3.64. The molecule has 1 aliphatic rings. The fourth-order valence-corrected chi connectivity index (χ4v) is 3.88. The number of nitrogens with zero attached hydrogens (tertiary/aromatic N) is 1. The zero-order valence-electron chi connectivity index (χ0n) is 12.8. The van der Waals surface area contributed by atoms with Crippen LogP contribution in [-0.4, -0.2) is 50.2 Å². The third kappa shape index (κ3) is 3.64. The third-order valence-electron chi connectivity index (χ3n) is 3.96. The molecule has 0 radical (unpaired) electrons. The zero-order chi connectivity index (χ0) is 16.3. The van der Waals surface area contributed by atoms with Gasteiger partial charge in [0.15, 0.2) is 9.84 Å². The van der Waals surface area contributed by atoms with Gasteiger partial charge in [-0.15, -0.1) is 0 Å². The van der Waals surface area contributed by atoms with Crippen LogP contribution in [-0.2, 0) is 14.6 Å². The van der Waals surface area contributed by atoms with E-state index < -0.39 is 20.9 Å². The normalized spacial score (nSPS) is 20.7. The molecule has 1 N–H and O–H groups in total. The maximum atomic E-state index is 12.9. The number of carbonyl (C=O) groups is 1. The molecule has 1 aromatic carbocycles. The van der Waals surface area contributed by atoms with Gasteiger partial charge >= 0.3 is 0 Å². The monoisotopic (exact) mass is 328 g/mol. The summed E-state index contributed by atoms with van der Waals surface area (Å²) in [6.45, 7) is 5.47. The number of carbonyl (C=O) groups excluding carboxylic acids is 1. The summed E-state index contributed by atoms with van der Waals surface area (Å²) in [5.74, 6) is -0.649. The molecule has 0 saturated carbocycles. The van der Waals surface area contributed by atoms with Crippen molar-refractivity contribution in [1.29, 1.82) is 0 Å². The number of nitrogens with one attached hydrogen (secondary N) is 1. The number of piperazine rings is 1. The van der Waals surface area contributed by atoms with Crippen LogP contribution in [0.25, 0.3) is 0 Å². The molecule has 1 aliphatic heterocycles. The van der Waals surface area contributed by atoms with Gasteiger partial charge in [0.2, 0.25) is 5.91 Å². The van der Waals surface area contributed by atoms with E-state index in [1.807, 2.05) is 6.92 Å². The Labute approximate surface area is 130 Å². The van der Waals surface area contributed by atoms with Crippen LogP contribution < -0.4 is 5.32 Å². The molecular weight excluding hydrogens is 307 g/mol. The van der Waals surface area contributed by atoms with Crippen molar-refractivity contribution < 1.29 is 17.6 Å². The van der Waals surface area contributed by atoms with Gasteiger partial charge in [-0.05, 0) is 38.1 Å². The first kappa shape index (κ1) is 16.9. The second-order valence-corrected chi connectivity index (χ2v) is 8.02. The summed E-state index contributed by atoms with van der Waals surface area (Å²) in [6.07, 6.45) is -0.0654. The van der Waals surface area contributed by atoms with Crippen LogP contribution in [0.2, 0.25) is 0 Å². The van der Waals surface area contributed by atoms with Gasteiger partial charge in [-0.2, -0.15) is 0 Å². The summed E-state index contributed by atoms with van der Waals surface area (Å²) in [7, 11) is -3.64. The maximum Gasteiger partial charge on any atom is 0.224 e. The van der Waals surface area contributed by atoms with Crippen molar-refractivity contribution in [2.75, 3.05) is 19.6 Å². The van der Waals surface area contributed by atoms with Crippen LogP contribution in [0.15, 0.2) is 29.2 Å². The first-order valence-corrected chi connectivity index (χ1v) is 8.86. The number of hydrogen-bond donors (Lipinski definition) is 1. The first-order valence-electron chi connectivity index (χ1n) is 7.32. The van der Waals surface area contributed by atoms with Crippen LogP contribution in [0, 0.1) is 5.82 Å². The first-order chi connectivity index (χ1) is 10.3. The van der Waals surface area contributed by atoms with Crippen LogP contribution in [0.4, 0.5) is 4.39 Å². The van der Waals surface area contributed by atoms with Gasteiger partial charge < -0.3 is 10.2 Å². The molecule has 1 heterocycles. The van der Waals surface area contributed by atoms with Gasteiger partial charge in [0.25, 0.3) is 0 Å². The highest BCUT2D eigenvalue weighted by Gasteiger charge is 2.30. The lowest BCUT2D eigenvalue weighted by Gasteiger charge is -2.34. The molecule has 1 fully saturated rings. The Hall–Kier alpha value is -1.47. The molecule has 0 aromatic heterocycles. The van der Waals surface area contributed by atoms with Crippen LogP contribution in [0.5, 0.6) is 0 Å². The Morgan fingerprint density at radius 1 is 1.41 bits per heavy atom. The number of halogens is 1. The van der Waals surface area contributed by atoms with E-state index in [0.717, 1.165) is 18.7 Å². The number of amides is 1. The second-order valence-electron chi connectivity index (χ2n) is 5.65. The summed E-state index contributed by atoms with van der Waals surface area (Å²) < 4.78 is 37.8. The summed E-state index contributed by atoms with van der Waals surface area (Å²) in [4.78, 5) is 14.1. The van der Waals surface area contributed by atoms with E-state index in [1.165, 1.54) is 19.1 Å². The second kappa shape index (κ2) is 6.75. The van der Waals surface area contributed by atoms with Crippen molar-refractivity contribution in [3.05, 3.63) is 30.1 Å². The topological polar surface area (TPSA) is 66.5 Å². The number of sulfone groups is 1. The molecule has 2 atom stereocenters. The third-order valence-corrected chi connectivity index (χ3v) is 6.11. The Morgan fingerprint density at radius 2 is 2.05 bits per heavy atom. The van der Waals surface area contributed by atoms with Crippen molar-refractivity contribution >= 4 is 15.7 Å². The highest BCUT2D eigenvalue weighted by molar-refractivity contribution is 7.92.